The van der Waals surface area contributed by atoms with Crippen molar-refractivity contribution in [1.82, 2.24) is 4.57 Å². The number of rotatable bonds is 3. The first kappa shape index (κ1) is 12.1. The summed E-state index contributed by atoms with van der Waals surface area (Å²) in [5, 5.41) is 1.41. The van der Waals surface area contributed by atoms with E-state index >= 15 is 0 Å². The van der Waals surface area contributed by atoms with Gasteiger partial charge in [-0.1, -0.05) is 0 Å². The number of nitrogens with zero attached hydrogens (tertiary/aromatic N) is 1. The monoisotopic (exact) mass is 261 g/mol. The number of aromatic nitrogens is 1. The van der Waals surface area contributed by atoms with Crippen molar-refractivity contribution >= 4 is 21.8 Å². The molecular formula is C15H13F2NO. The van der Waals surface area contributed by atoms with Crippen LogP contribution in [0, 0.1) is 11.6 Å². The largest absolute Gasteiger partial charge is 0.361 e. The molecule has 0 fully saturated rings. The third-order valence-electron chi connectivity index (χ3n) is 3.21. The van der Waals surface area contributed by atoms with Crippen LogP contribution < -0.4 is 0 Å². The highest BCUT2D eigenvalue weighted by molar-refractivity contribution is 6.08. The van der Waals surface area contributed by atoms with Crippen molar-refractivity contribution in [3.63, 3.8) is 0 Å². The lowest BCUT2D eigenvalue weighted by molar-refractivity contribution is 0.0936. The zero-order chi connectivity index (χ0) is 13.4. The molecule has 2 nitrogen and oxygen atoms in total. The smallest absolute Gasteiger partial charge is 0.123 e. The van der Waals surface area contributed by atoms with Crippen LogP contribution in [0.25, 0.3) is 21.8 Å². The van der Waals surface area contributed by atoms with E-state index in [-0.39, 0.29) is 11.6 Å². The minimum Gasteiger partial charge on any atom is -0.361 e. The zero-order valence-corrected chi connectivity index (χ0v) is 10.5. The maximum absolute atomic E-state index is 13.4. The third-order valence-corrected chi connectivity index (χ3v) is 3.21. The van der Waals surface area contributed by atoms with Gasteiger partial charge in [0.2, 0.25) is 0 Å². The Balaban J connectivity index is 2.36. The van der Waals surface area contributed by atoms with Gasteiger partial charge in [0.15, 0.2) is 0 Å². The van der Waals surface area contributed by atoms with Crippen molar-refractivity contribution in [2.75, 3.05) is 6.61 Å². The molecule has 2 aromatic carbocycles. The van der Waals surface area contributed by atoms with E-state index in [1.807, 2.05) is 11.5 Å². The Hall–Kier alpha value is -1.94. The summed E-state index contributed by atoms with van der Waals surface area (Å²) in [7, 11) is 0. The SMILES string of the molecule is CCOCn1c2ccc(F)cc2c2cc(F)ccc21. The van der Waals surface area contributed by atoms with Gasteiger partial charge in [0.1, 0.15) is 18.4 Å². The second-order valence-electron chi connectivity index (χ2n) is 4.37. The van der Waals surface area contributed by atoms with Gasteiger partial charge in [-0.3, -0.25) is 0 Å². The maximum Gasteiger partial charge on any atom is 0.123 e. The minimum atomic E-state index is -0.327. The summed E-state index contributed by atoms with van der Waals surface area (Å²) in [6, 6.07) is 9.06. The van der Waals surface area contributed by atoms with Gasteiger partial charge in [-0.15, -0.1) is 0 Å². The summed E-state index contributed by atoms with van der Waals surface area (Å²) in [5.74, 6) is -0.653. The van der Waals surface area contributed by atoms with Gasteiger partial charge in [-0.05, 0) is 43.3 Å². The van der Waals surface area contributed by atoms with E-state index in [4.69, 9.17) is 4.74 Å². The standard InChI is InChI=1S/C15H13F2NO/c1-2-19-9-18-14-5-3-10(16)7-12(14)13-8-11(17)4-6-15(13)18/h3-8H,2,9H2,1H3. The maximum atomic E-state index is 13.4. The summed E-state index contributed by atoms with van der Waals surface area (Å²) in [6.45, 7) is 2.87. The molecule has 0 aliphatic carbocycles. The molecule has 0 unspecified atom stereocenters. The van der Waals surface area contributed by atoms with Crippen molar-refractivity contribution in [2.24, 2.45) is 0 Å². The summed E-state index contributed by atoms with van der Waals surface area (Å²) in [4.78, 5) is 0. The van der Waals surface area contributed by atoms with E-state index in [1.165, 1.54) is 24.3 Å². The fraction of sp³-hybridized carbons (Fsp3) is 0.200. The van der Waals surface area contributed by atoms with Crippen LogP contribution in [-0.4, -0.2) is 11.2 Å². The quantitative estimate of drug-likeness (QED) is 0.693. The molecule has 0 bridgehead atoms. The highest BCUT2D eigenvalue weighted by Crippen LogP contribution is 2.30. The molecule has 19 heavy (non-hydrogen) atoms. The molecule has 1 heterocycles. The average molecular weight is 261 g/mol. The first-order chi connectivity index (χ1) is 9.20. The van der Waals surface area contributed by atoms with Crippen molar-refractivity contribution < 1.29 is 13.5 Å². The normalized spacial score (nSPS) is 11.5. The van der Waals surface area contributed by atoms with Crippen LogP contribution in [0.2, 0.25) is 0 Å². The molecule has 4 heteroatoms. The fourth-order valence-corrected chi connectivity index (χ4v) is 2.37. The molecule has 0 amide bonds. The topological polar surface area (TPSA) is 14.2 Å². The van der Waals surface area contributed by atoms with Crippen molar-refractivity contribution in [1.29, 1.82) is 0 Å². The number of hydrogen-bond acceptors (Lipinski definition) is 1. The predicted octanol–water partition coefficient (Wildman–Crippen LogP) is 4.07. The van der Waals surface area contributed by atoms with Crippen LogP contribution in [0.4, 0.5) is 8.78 Å². The number of benzene rings is 2. The lowest BCUT2D eigenvalue weighted by Crippen LogP contribution is -2.01. The Labute approximate surface area is 109 Å². The molecule has 0 radical (unpaired) electrons. The second-order valence-corrected chi connectivity index (χ2v) is 4.37. The predicted molar refractivity (Wildman–Crippen MR) is 71.0 cm³/mol. The Morgan fingerprint density at radius 3 is 1.95 bits per heavy atom. The average Bonchev–Trinajstić information content (AvgIpc) is 2.69. The molecule has 0 aliphatic heterocycles. The molecule has 98 valence electrons. The van der Waals surface area contributed by atoms with E-state index in [9.17, 15) is 8.78 Å². The Morgan fingerprint density at radius 2 is 1.47 bits per heavy atom. The van der Waals surface area contributed by atoms with Crippen LogP contribution in [0.3, 0.4) is 0 Å². The number of ether oxygens (including phenoxy) is 1. The Kier molecular flexibility index (Phi) is 2.95. The highest BCUT2D eigenvalue weighted by atomic mass is 19.1. The van der Waals surface area contributed by atoms with Crippen molar-refractivity contribution in [3.05, 3.63) is 48.0 Å². The molecule has 0 spiro atoms. The van der Waals surface area contributed by atoms with E-state index < -0.39 is 0 Å². The molecule has 0 N–H and O–H groups in total. The van der Waals surface area contributed by atoms with Gasteiger partial charge < -0.3 is 9.30 Å². The summed E-state index contributed by atoms with van der Waals surface area (Å²) >= 11 is 0. The van der Waals surface area contributed by atoms with E-state index in [2.05, 4.69) is 0 Å². The molecular weight excluding hydrogens is 248 g/mol. The highest BCUT2D eigenvalue weighted by Gasteiger charge is 2.11. The summed E-state index contributed by atoms with van der Waals surface area (Å²) in [6.07, 6.45) is 0. The summed E-state index contributed by atoms with van der Waals surface area (Å²) < 4.78 is 34.1. The van der Waals surface area contributed by atoms with Crippen LogP contribution in [-0.2, 0) is 11.5 Å². The zero-order valence-electron chi connectivity index (χ0n) is 10.5. The van der Waals surface area contributed by atoms with Crippen LogP contribution in [0.1, 0.15) is 6.92 Å². The first-order valence-corrected chi connectivity index (χ1v) is 6.15. The second kappa shape index (κ2) is 4.63. The van der Waals surface area contributed by atoms with Gasteiger partial charge in [0.05, 0.1) is 11.0 Å². The molecule has 0 saturated heterocycles. The Bertz CT molecular complexity index is 689. The van der Waals surface area contributed by atoms with Gasteiger partial charge in [0, 0.05) is 17.4 Å². The number of hydrogen-bond donors (Lipinski definition) is 0. The molecule has 0 aliphatic rings. The van der Waals surface area contributed by atoms with Gasteiger partial charge >= 0.3 is 0 Å². The van der Waals surface area contributed by atoms with Crippen LogP contribution in [0.15, 0.2) is 36.4 Å². The van der Waals surface area contributed by atoms with Gasteiger partial charge in [-0.25, -0.2) is 8.78 Å². The first-order valence-electron chi connectivity index (χ1n) is 6.15. The van der Waals surface area contributed by atoms with E-state index in [1.54, 1.807) is 12.1 Å². The molecule has 0 saturated carbocycles. The van der Waals surface area contributed by atoms with Crippen LogP contribution in [0.5, 0.6) is 0 Å². The number of fused-ring (bicyclic) bond motifs is 3. The molecule has 3 rings (SSSR count). The minimum absolute atomic E-state index is 0.327. The van der Waals surface area contributed by atoms with Gasteiger partial charge in [0.25, 0.3) is 0 Å². The molecule has 3 aromatic rings. The third kappa shape index (κ3) is 1.98. The number of halogens is 2. The van der Waals surface area contributed by atoms with Gasteiger partial charge in [-0.2, -0.15) is 0 Å². The fourth-order valence-electron chi connectivity index (χ4n) is 2.37. The lowest BCUT2D eigenvalue weighted by atomic mass is 10.1. The molecule has 1 aromatic heterocycles. The van der Waals surface area contributed by atoms with Crippen molar-refractivity contribution in [3.8, 4) is 0 Å². The lowest BCUT2D eigenvalue weighted by Gasteiger charge is -2.06. The molecule has 0 atom stereocenters. The summed E-state index contributed by atoms with van der Waals surface area (Å²) in [5.41, 5.74) is 1.69. The van der Waals surface area contributed by atoms with Crippen molar-refractivity contribution in [2.45, 2.75) is 13.7 Å². The van der Waals surface area contributed by atoms with E-state index in [0.717, 1.165) is 11.0 Å². The van der Waals surface area contributed by atoms with E-state index in [0.29, 0.717) is 24.1 Å². The Morgan fingerprint density at radius 1 is 0.947 bits per heavy atom. The van der Waals surface area contributed by atoms with Crippen LogP contribution >= 0.6 is 0 Å².